The number of benzene rings is 4. The van der Waals surface area contributed by atoms with Crippen LogP contribution in [0.5, 0.6) is 5.75 Å². The lowest BCUT2D eigenvalue weighted by molar-refractivity contribution is -0.254. The molecular weight excluding hydrogens is 629 g/mol. The minimum absolute atomic E-state index is 0.480. The lowest BCUT2D eigenvalue weighted by atomic mass is 9.70. The molecule has 3 nitrogen and oxygen atoms in total. The van der Waals surface area contributed by atoms with Crippen molar-refractivity contribution in [1.29, 1.82) is 0 Å². The van der Waals surface area contributed by atoms with Gasteiger partial charge in [0, 0.05) is 45.8 Å². The Bertz CT molecular complexity index is 1350. The first-order valence-corrected chi connectivity index (χ1v) is 12.8. The number of hydrogen-bond acceptors (Lipinski definition) is 1. The number of quaternary nitrogens is 1. The smallest absolute Gasteiger partial charge is 0.263 e. The third kappa shape index (κ3) is 2.52. The van der Waals surface area contributed by atoms with Gasteiger partial charge in [-0.05, 0) is 115 Å². The molecule has 4 aromatic carbocycles. The van der Waals surface area contributed by atoms with Gasteiger partial charge in [0.15, 0.2) is 0 Å². The average Bonchev–Trinajstić information content (AvgIpc) is 3.14. The molecule has 2 aliphatic rings. The van der Waals surface area contributed by atoms with Crippen LogP contribution in [0.4, 0.5) is 11.4 Å². The molecule has 0 heterocycles. The maximum Gasteiger partial charge on any atom is 0.263 e. The van der Waals surface area contributed by atoms with E-state index in [2.05, 4.69) is 106 Å². The van der Waals surface area contributed by atoms with Crippen molar-refractivity contribution in [3.8, 4) is 28.0 Å². The highest BCUT2D eigenvalue weighted by Crippen LogP contribution is 2.64. The molecule has 6 heteroatoms. The molecule has 31 heavy (non-hydrogen) atoms. The van der Waals surface area contributed by atoms with E-state index in [4.69, 9.17) is 10.8 Å². The average molecular weight is 649 g/mol. The van der Waals surface area contributed by atoms with Crippen LogP contribution in [-0.4, -0.2) is 5.11 Å². The third-order valence-electron chi connectivity index (χ3n) is 6.57. The lowest BCUT2D eigenvalue weighted by Crippen LogP contribution is -2.40. The van der Waals surface area contributed by atoms with E-state index >= 15 is 0 Å². The highest BCUT2D eigenvalue weighted by molar-refractivity contribution is 14.1. The first-order chi connectivity index (χ1) is 14.8. The normalized spacial score (nSPS) is 17.5. The number of anilines is 1. The standard InChI is InChI=1S/C25H17I2N2OP/c26-11-1-3-16-17(5-11)25(20-9-14(29)10-22(31)24(16)20)18-8-13(28)2-4-15(18)23-19(25)6-12(27)7-21(23)30/h1-10,30H,28-29,31H2/p+3. The summed E-state index contributed by atoms with van der Waals surface area (Å²) in [5.74, 6) is 0.569. The predicted molar refractivity (Wildman–Crippen MR) is 149 cm³/mol. The van der Waals surface area contributed by atoms with Crippen molar-refractivity contribution in [2.45, 2.75) is 5.41 Å². The summed E-state index contributed by atoms with van der Waals surface area (Å²) in [6.45, 7) is 0. The zero-order valence-electron chi connectivity index (χ0n) is 16.5. The summed E-state index contributed by atoms with van der Waals surface area (Å²) in [4.78, 5) is 0. The van der Waals surface area contributed by atoms with E-state index in [1.54, 1.807) is 0 Å². The summed E-state index contributed by atoms with van der Waals surface area (Å²) in [7, 11) is 1.90. The van der Waals surface area contributed by atoms with Crippen molar-refractivity contribution in [3.05, 3.63) is 90.1 Å². The second-order valence-corrected chi connectivity index (χ2v) is 11.6. The number of nitrogens with two attached hydrogens (primary N) is 1. The molecule has 2 unspecified atom stereocenters. The predicted octanol–water partition coefficient (Wildman–Crippen LogP) is 4.37. The maximum absolute atomic E-state index is 8.87. The van der Waals surface area contributed by atoms with E-state index < -0.39 is 5.41 Å². The largest absolute Gasteiger partial charge is 0.593 e. The molecule has 0 aliphatic heterocycles. The summed E-state index contributed by atoms with van der Waals surface area (Å²) in [6.07, 6.45) is 0. The van der Waals surface area contributed by atoms with Gasteiger partial charge in [0.1, 0.15) is 5.69 Å². The van der Waals surface area contributed by atoms with Crippen LogP contribution in [0, 0.1) is 7.14 Å². The van der Waals surface area contributed by atoms with Crippen LogP contribution >= 0.6 is 54.4 Å². The Hall–Kier alpha value is -1.67. The fourth-order valence-electron chi connectivity index (χ4n) is 5.57. The second-order valence-electron chi connectivity index (χ2n) is 8.30. The molecule has 152 valence electrons. The highest BCUT2D eigenvalue weighted by Gasteiger charge is 2.54. The molecule has 0 amide bonds. The van der Waals surface area contributed by atoms with E-state index in [-0.39, 0.29) is 0 Å². The molecular formula is C25H20I2N2OP+3. The van der Waals surface area contributed by atoms with Gasteiger partial charge in [-0.25, -0.2) is 0 Å². The van der Waals surface area contributed by atoms with Gasteiger partial charge in [0.25, 0.3) is 5.75 Å². The van der Waals surface area contributed by atoms with E-state index in [1.807, 2.05) is 15.3 Å². The highest BCUT2D eigenvalue weighted by atomic mass is 127. The monoisotopic (exact) mass is 649 g/mol. The molecule has 7 N–H and O–H groups in total. The molecule has 0 aromatic heterocycles. The topological polar surface area (TPSA) is 76.6 Å². The molecule has 2 atom stereocenters. The maximum atomic E-state index is 8.87. The molecule has 0 radical (unpaired) electrons. The van der Waals surface area contributed by atoms with Crippen LogP contribution in [-0.2, 0) is 5.41 Å². The van der Waals surface area contributed by atoms with Gasteiger partial charge < -0.3 is 16.6 Å². The summed E-state index contributed by atoms with van der Waals surface area (Å²) in [6, 6.07) is 21.6. The molecule has 0 saturated heterocycles. The molecule has 0 saturated carbocycles. The molecule has 6 rings (SSSR count). The SMILES string of the molecule is Nc1cc([PH3+])c2c(c1)C1(c3cc([NH3+])ccc3-c3c([OH2+])cc(I)cc31)c1cc(I)ccc1-2. The van der Waals surface area contributed by atoms with Crippen LogP contribution in [0.25, 0.3) is 22.3 Å². The lowest BCUT2D eigenvalue weighted by Gasteiger charge is -2.30. The van der Waals surface area contributed by atoms with Gasteiger partial charge in [-0.2, -0.15) is 0 Å². The number of halogens is 2. The van der Waals surface area contributed by atoms with Crippen LogP contribution < -0.4 is 16.8 Å². The zero-order chi connectivity index (χ0) is 21.7. The first-order valence-electron chi connectivity index (χ1n) is 9.91. The summed E-state index contributed by atoms with van der Waals surface area (Å²) < 4.78 is 2.28. The van der Waals surface area contributed by atoms with Crippen LogP contribution in [0.2, 0.25) is 0 Å². The first kappa shape index (κ1) is 20.0. The zero-order valence-corrected chi connectivity index (χ0v) is 22.3. The van der Waals surface area contributed by atoms with E-state index in [0.717, 1.165) is 26.1 Å². The Kier molecular flexibility index (Phi) is 4.30. The van der Waals surface area contributed by atoms with Gasteiger partial charge in [-0.3, -0.25) is 0 Å². The van der Waals surface area contributed by atoms with Crippen molar-refractivity contribution in [1.82, 2.24) is 0 Å². The van der Waals surface area contributed by atoms with E-state index in [9.17, 15) is 0 Å². The van der Waals surface area contributed by atoms with Crippen molar-refractivity contribution in [3.63, 3.8) is 0 Å². The van der Waals surface area contributed by atoms with Gasteiger partial charge in [0.2, 0.25) is 0 Å². The fourth-order valence-corrected chi connectivity index (χ4v) is 7.30. The van der Waals surface area contributed by atoms with Crippen molar-refractivity contribution in [2.24, 2.45) is 0 Å². The van der Waals surface area contributed by atoms with Crippen LogP contribution in [0.3, 0.4) is 0 Å². The molecule has 0 bridgehead atoms. The molecule has 2 aliphatic carbocycles. The Balaban J connectivity index is 1.91. The minimum Gasteiger partial charge on any atom is -0.593 e. The van der Waals surface area contributed by atoms with Crippen LogP contribution in [0.15, 0.2) is 60.7 Å². The summed E-state index contributed by atoms with van der Waals surface area (Å²) in [5.41, 5.74) is 21.5. The van der Waals surface area contributed by atoms with Crippen molar-refractivity contribution < 1.29 is 10.8 Å². The number of hydrogen-bond donors (Lipinski definition) is 2. The number of nitrogen functional groups attached to an aromatic ring is 1. The van der Waals surface area contributed by atoms with Gasteiger partial charge in [-0.1, -0.05) is 6.07 Å². The van der Waals surface area contributed by atoms with Gasteiger partial charge in [-0.15, -0.1) is 0 Å². The number of fused-ring (bicyclic) bond motifs is 10. The minimum atomic E-state index is -0.480. The third-order valence-corrected chi connectivity index (χ3v) is 8.42. The summed E-state index contributed by atoms with van der Waals surface area (Å²) in [5, 5.41) is 10.1. The molecule has 0 fully saturated rings. The van der Waals surface area contributed by atoms with E-state index in [0.29, 0.717) is 5.75 Å². The van der Waals surface area contributed by atoms with Gasteiger partial charge >= 0.3 is 0 Å². The Morgan fingerprint density at radius 1 is 0.774 bits per heavy atom. The van der Waals surface area contributed by atoms with Crippen LogP contribution in [0.1, 0.15) is 22.3 Å². The summed E-state index contributed by atoms with van der Waals surface area (Å²) >= 11 is 4.74. The Morgan fingerprint density at radius 2 is 1.42 bits per heavy atom. The van der Waals surface area contributed by atoms with Crippen molar-refractivity contribution >= 4 is 71.1 Å². The number of rotatable bonds is 0. The molecule has 4 aromatic rings. The quantitative estimate of drug-likeness (QED) is 0.109. The van der Waals surface area contributed by atoms with Crippen molar-refractivity contribution in [2.75, 3.05) is 5.73 Å². The van der Waals surface area contributed by atoms with Gasteiger partial charge in [0.05, 0.1) is 16.3 Å². The Morgan fingerprint density at radius 3 is 2.23 bits per heavy atom. The fraction of sp³-hybridized carbons (Fsp3) is 0.0400. The Labute approximate surface area is 209 Å². The van der Waals surface area contributed by atoms with E-state index in [1.165, 1.54) is 42.3 Å². The molecule has 1 spiro atoms. The second kappa shape index (κ2) is 6.67.